The molecule has 1 N–H and O–H groups in total. The van der Waals surface area contributed by atoms with Gasteiger partial charge >= 0.3 is 0 Å². The highest BCUT2D eigenvalue weighted by atomic mass is 16.5. The van der Waals surface area contributed by atoms with Crippen LogP contribution in [-0.4, -0.2) is 47.6 Å². The number of carbonyl (C=O) groups excluding carboxylic acids is 2. The lowest BCUT2D eigenvalue weighted by Crippen LogP contribution is -2.47. The van der Waals surface area contributed by atoms with Crippen LogP contribution < -0.4 is 5.32 Å². The highest BCUT2D eigenvalue weighted by molar-refractivity contribution is 5.96. The van der Waals surface area contributed by atoms with Gasteiger partial charge < -0.3 is 19.5 Å². The SMILES string of the molecule is COCCn1c(C)cc(C(=O)N[C@@H]2CCC[C@@H]2C(=O)N2CCc3ccccc3C2)c1C. The van der Waals surface area contributed by atoms with Gasteiger partial charge in [-0.15, -0.1) is 0 Å². The summed E-state index contributed by atoms with van der Waals surface area (Å²) in [7, 11) is 1.68. The summed E-state index contributed by atoms with van der Waals surface area (Å²) in [6, 6.07) is 10.2. The number of nitrogens with one attached hydrogen (secondary N) is 1. The summed E-state index contributed by atoms with van der Waals surface area (Å²) in [5.41, 5.74) is 5.26. The molecule has 0 spiro atoms. The van der Waals surface area contributed by atoms with E-state index in [2.05, 4.69) is 28.1 Å². The van der Waals surface area contributed by atoms with Gasteiger partial charge in [0.15, 0.2) is 0 Å². The monoisotopic (exact) mass is 423 g/mol. The number of ether oxygens (including phenoxy) is 1. The Morgan fingerprint density at radius 3 is 2.71 bits per heavy atom. The fourth-order valence-corrected chi connectivity index (χ4v) is 5.15. The van der Waals surface area contributed by atoms with Gasteiger partial charge in [0.2, 0.25) is 5.91 Å². The predicted octanol–water partition coefficient (Wildman–Crippen LogP) is 3.23. The maximum absolute atomic E-state index is 13.3. The van der Waals surface area contributed by atoms with Crippen molar-refractivity contribution in [2.45, 2.75) is 58.7 Å². The number of amides is 2. The Labute approximate surface area is 184 Å². The van der Waals surface area contributed by atoms with Crippen molar-refractivity contribution in [1.29, 1.82) is 0 Å². The number of hydrogen-bond acceptors (Lipinski definition) is 3. The smallest absolute Gasteiger partial charge is 0.253 e. The van der Waals surface area contributed by atoms with E-state index < -0.39 is 0 Å². The van der Waals surface area contributed by atoms with Crippen molar-refractivity contribution in [3.63, 3.8) is 0 Å². The van der Waals surface area contributed by atoms with Gasteiger partial charge in [0.05, 0.1) is 18.1 Å². The fourth-order valence-electron chi connectivity index (χ4n) is 5.15. The minimum atomic E-state index is -0.133. The van der Waals surface area contributed by atoms with Crippen LogP contribution in [0.3, 0.4) is 0 Å². The van der Waals surface area contributed by atoms with Crippen molar-refractivity contribution in [2.24, 2.45) is 5.92 Å². The number of hydrogen-bond donors (Lipinski definition) is 1. The van der Waals surface area contributed by atoms with Crippen molar-refractivity contribution in [3.8, 4) is 0 Å². The number of fused-ring (bicyclic) bond motifs is 1. The average Bonchev–Trinajstić information content (AvgIpc) is 3.35. The molecular weight excluding hydrogens is 390 g/mol. The minimum Gasteiger partial charge on any atom is -0.383 e. The van der Waals surface area contributed by atoms with Gasteiger partial charge in [0.1, 0.15) is 0 Å². The molecular formula is C25H33N3O3. The van der Waals surface area contributed by atoms with Gasteiger partial charge in [-0.3, -0.25) is 9.59 Å². The summed E-state index contributed by atoms with van der Waals surface area (Å²) < 4.78 is 7.30. The van der Waals surface area contributed by atoms with Gasteiger partial charge in [-0.2, -0.15) is 0 Å². The first-order valence-electron chi connectivity index (χ1n) is 11.3. The molecule has 31 heavy (non-hydrogen) atoms. The lowest BCUT2D eigenvalue weighted by molar-refractivity contribution is -0.136. The summed E-state index contributed by atoms with van der Waals surface area (Å²) in [5.74, 6) is -0.0282. The van der Waals surface area contributed by atoms with E-state index in [1.165, 1.54) is 11.1 Å². The largest absolute Gasteiger partial charge is 0.383 e. The van der Waals surface area contributed by atoms with Crippen LogP contribution in [0, 0.1) is 19.8 Å². The molecule has 2 aromatic rings. The highest BCUT2D eigenvalue weighted by Gasteiger charge is 2.37. The number of methoxy groups -OCH3 is 1. The number of nitrogens with zero attached hydrogens (tertiary/aromatic N) is 2. The Bertz CT molecular complexity index is 965. The van der Waals surface area contributed by atoms with E-state index in [-0.39, 0.29) is 23.8 Å². The number of aryl methyl sites for hydroxylation is 1. The molecule has 2 atom stereocenters. The van der Waals surface area contributed by atoms with Gasteiger partial charge in [-0.25, -0.2) is 0 Å². The molecule has 0 bridgehead atoms. The molecule has 0 radical (unpaired) electrons. The predicted molar refractivity (Wildman–Crippen MR) is 120 cm³/mol. The number of rotatable bonds is 6. The summed E-state index contributed by atoms with van der Waals surface area (Å²) in [4.78, 5) is 28.4. The van der Waals surface area contributed by atoms with E-state index >= 15 is 0 Å². The molecule has 1 aliphatic heterocycles. The molecule has 6 nitrogen and oxygen atoms in total. The van der Waals surface area contributed by atoms with Crippen molar-refractivity contribution in [1.82, 2.24) is 14.8 Å². The Balaban J connectivity index is 1.43. The van der Waals surface area contributed by atoms with Crippen molar-refractivity contribution >= 4 is 11.8 Å². The van der Waals surface area contributed by atoms with E-state index in [9.17, 15) is 9.59 Å². The molecule has 2 aliphatic rings. The Morgan fingerprint density at radius 2 is 1.94 bits per heavy atom. The molecule has 4 rings (SSSR count). The Kier molecular flexibility index (Phi) is 6.46. The zero-order valence-corrected chi connectivity index (χ0v) is 18.8. The zero-order valence-electron chi connectivity index (χ0n) is 18.8. The van der Waals surface area contributed by atoms with Crippen molar-refractivity contribution in [2.75, 3.05) is 20.3 Å². The summed E-state index contributed by atoms with van der Waals surface area (Å²) >= 11 is 0. The third kappa shape index (κ3) is 4.40. The first-order chi connectivity index (χ1) is 15.0. The molecule has 166 valence electrons. The van der Waals surface area contributed by atoms with Crippen LogP contribution in [0.15, 0.2) is 30.3 Å². The Morgan fingerprint density at radius 1 is 1.16 bits per heavy atom. The van der Waals surface area contributed by atoms with Gasteiger partial charge in [0, 0.05) is 44.2 Å². The van der Waals surface area contributed by atoms with E-state index in [1.54, 1.807) is 7.11 Å². The topological polar surface area (TPSA) is 63.6 Å². The van der Waals surface area contributed by atoms with E-state index in [1.807, 2.05) is 30.9 Å². The second-order valence-corrected chi connectivity index (χ2v) is 8.83. The van der Waals surface area contributed by atoms with Crippen LogP contribution in [-0.2, 0) is 29.0 Å². The zero-order chi connectivity index (χ0) is 22.0. The van der Waals surface area contributed by atoms with E-state index in [0.717, 1.165) is 50.2 Å². The number of benzene rings is 1. The molecule has 1 aromatic heterocycles. The van der Waals surface area contributed by atoms with Crippen molar-refractivity contribution < 1.29 is 14.3 Å². The van der Waals surface area contributed by atoms with Crippen LogP contribution in [0.25, 0.3) is 0 Å². The standard InChI is InChI=1S/C25H33N3O3/c1-17-15-22(18(2)28(17)13-14-31-3)24(29)26-23-10-6-9-21(23)25(30)27-12-11-19-7-4-5-8-20(19)16-27/h4-5,7-8,15,21,23H,6,9-14,16H2,1-3H3,(H,26,29)/t21-,23+/m0/s1. The van der Waals surface area contributed by atoms with Crippen LogP contribution >= 0.6 is 0 Å². The van der Waals surface area contributed by atoms with E-state index in [0.29, 0.717) is 18.7 Å². The third-order valence-electron chi connectivity index (χ3n) is 6.93. The van der Waals surface area contributed by atoms with Gasteiger partial charge in [-0.1, -0.05) is 30.7 Å². The van der Waals surface area contributed by atoms with Crippen LogP contribution in [0.1, 0.15) is 52.1 Å². The highest BCUT2D eigenvalue weighted by Crippen LogP contribution is 2.30. The van der Waals surface area contributed by atoms with E-state index in [4.69, 9.17) is 4.74 Å². The van der Waals surface area contributed by atoms with Gasteiger partial charge in [-0.05, 0) is 50.3 Å². The Hall–Kier alpha value is -2.60. The first-order valence-corrected chi connectivity index (χ1v) is 11.3. The second kappa shape index (κ2) is 9.27. The molecule has 2 amide bonds. The lowest BCUT2D eigenvalue weighted by Gasteiger charge is -2.32. The van der Waals surface area contributed by atoms with Crippen LogP contribution in [0.2, 0.25) is 0 Å². The average molecular weight is 424 g/mol. The normalized spacial score (nSPS) is 20.5. The summed E-state index contributed by atoms with van der Waals surface area (Å²) in [6.07, 6.45) is 3.57. The maximum Gasteiger partial charge on any atom is 0.253 e. The molecule has 1 fully saturated rings. The quantitative estimate of drug-likeness (QED) is 0.776. The van der Waals surface area contributed by atoms with Crippen molar-refractivity contribution in [3.05, 3.63) is 58.4 Å². The van der Waals surface area contributed by atoms with Gasteiger partial charge in [0.25, 0.3) is 5.91 Å². The summed E-state index contributed by atoms with van der Waals surface area (Å²) in [6.45, 7) is 6.74. The third-order valence-corrected chi connectivity index (χ3v) is 6.93. The van der Waals surface area contributed by atoms with Crippen LogP contribution in [0.4, 0.5) is 0 Å². The number of carbonyl (C=O) groups is 2. The molecule has 6 heteroatoms. The maximum atomic E-state index is 13.3. The fraction of sp³-hybridized carbons (Fsp3) is 0.520. The molecule has 0 unspecified atom stereocenters. The first kappa shape index (κ1) is 21.6. The molecule has 2 heterocycles. The van der Waals surface area contributed by atoms with Crippen LogP contribution in [0.5, 0.6) is 0 Å². The number of aromatic nitrogens is 1. The summed E-state index contributed by atoms with van der Waals surface area (Å²) in [5, 5.41) is 3.19. The molecule has 1 aromatic carbocycles. The molecule has 1 saturated carbocycles. The second-order valence-electron chi connectivity index (χ2n) is 8.83. The molecule has 0 saturated heterocycles. The molecule has 1 aliphatic carbocycles. The minimum absolute atomic E-state index is 0.0783. The lowest BCUT2D eigenvalue weighted by atomic mass is 9.96.